The van der Waals surface area contributed by atoms with Gasteiger partial charge in [0.2, 0.25) is 11.8 Å². The molecule has 36 heavy (non-hydrogen) atoms. The fourth-order valence-corrected chi connectivity index (χ4v) is 4.78. The van der Waals surface area contributed by atoms with E-state index < -0.39 is 16.1 Å². The molecular weight excluding hydrogens is 482 g/mol. The number of hydrogen-bond donors (Lipinski definition) is 1. The van der Waals surface area contributed by atoms with Crippen LogP contribution in [0.4, 0.5) is 17.1 Å². The van der Waals surface area contributed by atoms with Crippen LogP contribution in [0.3, 0.4) is 0 Å². The molecule has 3 aromatic rings. The Morgan fingerprint density at radius 1 is 1.19 bits per heavy atom. The molecule has 1 aliphatic heterocycles. The van der Waals surface area contributed by atoms with Crippen LogP contribution in [0.5, 0.6) is 5.75 Å². The molecule has 2 aromatic carbocycles. The van der Waals surface area contributed by atoms with Crippen molar-refractivity contribution in [2.75, 3.05) is 19.0 Å². The van der Waals surface area contributed by atoms with Crippen LogP contribution in [0, 0.1) is 10.1 Å². The second-order valence-corrected chi connectivity index (χ2v) is 8.96. The first kappa shape index (κ1) is 24.9. The highest BCUT2D eigenvalue weighted by molar-refractivity contribution is 8.15. The number of aromatic nitrogens is 1. The maximum Gasteiger partial charge on any atom is 0.271 e. The fraction of sp³-hybridized carbons (Fsp3) is 0.200. The van der Waals surface area contributed by atoms with Crippen LogP contribution in [-0.4, -0.2) is 50.7 Å². The standard InChI is InChI=1S/C25H23N5O5S/c1-35-21-11-3-2-10-20(21)28-25-29(14-12-17-7-4-5-13-26-17)24(32)22(36-25)16-23(31)27-18-8-6-9-19(15-18)30(33)34/h2-11,13,15,22H,12,14,16H2,1H3,(H,27,31). The molecular formula is C25H23N5O5S. The molecule has 1 aromatic heterocycles. The minimum atomic E-state index is -0.694. The van der Waals surface area contributed by atoms with Gasteiger partial charge in [0.15, 0.2) is 5.17 Å². The van der Waals surface area contributed by atoms with Crippen molar-refractivity contribution in [1.82, 2.24) is 9.88 Å². The third kappa shape index (κ3) is 6.05. The van der Waals surface area contributed by atoms with Gasteiger partial charge in [0.1, 0.15) is 16.7 Å². The van der Waals surface area contributed by atoms with Crippen molar-refractivity contribution >= 4 is 45.8 Å². The van der Waals surface area contributed by atoms with E-state index in [9.17, 15) is 19.7 Å². The molecule has 2 heterocycles. The highest BCUT2D eigenvalue weighted by Crippen LogP contribution is 2.35. The summed E-state index contributed by atoms with van der Waals surface area (Å²) in [5, 5.41) is 13.4. The Morgan fingerprint density at radius 2 is 2.00 bits per heavy atom. The molecule has 0 saturated carbocycles. The zero-order valence-corrected chi connectivity index (χ0v) is 20.2. The van der Waals surface area contributed by atoms with Gasteiger partial charge in [-0.1, -0.05) is 36.0 Å². The van der Waals surface area contributed by atoms with Crippen LogP contribution in [0.1, 0.15) is 12.1 Å². The van der Waals surface area contributed by atoms with E-state index in [1.54, 1.807) is 36.4 Å². The number of carbonyl (C=O) groups excluding carboxylic acids is 2. The highest BCUT2D eigenvalue weighted by atomic mass is 32.2. The van der Waals surface area contributed by atoms with E-state index in [1.807, 2.05) is 30.3 Å². The number of carbonyl (C=O) groups is 2. The summed E-state index contributed by atoms with van der Waals surface area (Å²) in [6.07, 6.45) is 2.10. The van der Waals surface area contributed by atoms with Crippen LogP contribution in [-0.2, 0) is 16.0 Å². The molecule has 0 radical (unpaired) electrons. The third-order valence-electron chi connectivity index (χ3n) is 5.35. The zero-order chi connectivity index (χ0) is 25.5. The van der Waals surface area contributed by atoms with E-state index >= 15 is 0 Å². The number of nitrogens with one attached hydrogen (secondary N) is 1. The molecule has 0 bridgehead atoms. The topological polar surface area (TPSA) is 127 Å². The number of thioether (sulfide) groups is 1. The Bertz CT molecular complexity index is 1300. The number of amides is 2. The van der Waals surface area contributed by atoms with Crippen molar-refractivity contribution in [2.45, 2.75) is 18.1 Å². The third-order valence-corrected chi connectivity index (χ3v) is 6.53. The largest absolute Gasteiger partial charge is 0.494 e. The van der Waals surface area contributed by atoms with E-state index in [4.69, 9.17) is 4.74 Å². The number of ether oxygens (including phenoxy) is 1. The Morgan fingerprint density at radius 3 is 2.75 bits per heavy atom. The van der Waals surface area contributed by atoms with Crippen LogP contribution >= 0.6 is 11.8 Å². The second-order valence-electron chi connectivity index (χ2n) is 7.79. The monoisotopic (exact) mass is 505 g/mol. The van der Waals surface area contributed by atoms with Crippen molar-refractivity contribution in [3.05, 3.63) is 88.7 Å². The molecule has 1 N–H and O–H groups in total. The zero-order valence-electron chi connectivity index (χ0n) is 19.4. The summed E-state index contributed by atoms with van der Waals surface area (Å²) in [7, 11) is 1.55. The van der Waals surface area contributed by atoms with Crippen LogP contribution in [0.2, 0.25) is 0 Å². The number of pyridine rings is 1. The minimum absolute atomic E-state index is 0.114. The summed E-state index contributed by atoms with van der Waals surface area (Å²) >= 11 is 1.20. The number of rotatable bonds is 9. The van der Waals surface area contributed by atoms with Gasteiger partial charge in [0.05, 0.1) is 12.0 Å². The molecule has 4 rings (SSSR count). The van der Waals surface area contributed by atoms with Gasteiger partial charge in [0.25, 0.3) is 5.69 Å². The van der Waals surface area contributed by atoms with Crippen molar-refractivity contribution in [2.24, 2.45) is 4.99 Å². The summed E-state index contributed by atoms with van der Waals surface area (Å²) in [6, 6.07) is 18.5. The van der Waals surface area contributed by atoms with Gasteiger partial charge in [0, 0.05) is 49.1 Å². The number of hydrogen-bond acceptors (Lipinski definition) is 8. The quantitative estimate of drug-likeness (QED) is 0.341. The van der Waals surface area contributed by atoms with E-state index in [2.05, 4.69) is 15.3 Å². The minimum Gasteiger partial charge on any atom is -0.494 e. The molecule has 184 valence electrons. The highest BCUT2D eigenvalue weighted by Gasteiger charge is 2.39. The molecule has 0 aliphatic carbocycles. The molecule has 1 aliphatic rings. The van der Waals surface area contributed by atoms with E-state index in [-0.39, 0.29) is 18.0 Å². The van der Waals surface area contributed by atoms with Gasteiger partial charge in [-0.2, -0.15) is 0 Å². The van der Waals surface area contributed by atoms with Crippen molar-refractivity contribution in [3.63, 3.8) is 0 Å². The summed E-state index contributed by atoms with van der Waals surface area (Å²) in [4.78, 5) is 47.1. The second kappa shape index (κ2) is 11.5. The first-order valence-electron chi connectivity index (χ1n) is 11.1. The van der Waals surface area contributed by atoms with E-state index in [0.29, 0.717) is 35.3 Å². The first-order chi connectivity index (χ1) is 17.4. The van der Waals surface area contributed by atoms with Gasteiger partial charge < -0.3 is 10.1 Å². The number of anilines is 1. The average molecular weight is 506 g/mol. The number of para-hydroxylation sites is 2. The Kier molecular flexibility index (Phi) is 7.91. The molecule has 1 saturated heterocycles. The number of nitrogens with zero attached hydrogens (tertiary/aromatic N) is 4. The lowest BCUT2D eigenvalue weighted by Gasteiger charge is -2.16. The molecule has 11 heteroatoms. The van der Waals surface area contributed by atoms with Crippen molar-refractivity contribution < 1.29 is 19.2 Å². The average Bonchev–Trinajstić information content (AvgIpc) is 3.17. The lowest BCUT2D eigenvalue weighted by Crippen LogP contribution is -2.35. The van der Waals surface area contributed by atoms with Crippen molar-refractivity contribution in [1.29, 1.82) is 0 Å². The number of methoxy groups -OCH3 is 1. The Balaban J connectivity index is 1.52. The molecule has 0 spiro atoms. The van der Waals surface area contributed by atoms with Crippen molar-refractivity contribution in [3.8, 4) is 5.75 Å². The molecule has 2 amide bonds. The predicted octanol–water partition coefficient (Wildman–Crippen LogP) is 4.20. The smallest absolute Gasteiger partial charge is 0.271 e. The Hall–Kier alpha value is -4.25. The number of non-ortho nitro benzene ring substituents is 1. The van der Waals surface area contributed by atoms with Gasteiger partial charge >= 0.3 is 0 Å². The lowest BCUT2D eigenvalue weighted by molar-refractivity contribution is -0.384. The van der Waals surface area contributed by atoms with Crippen LogP contribution in [0.15, 0.2) is 77.9 Å². The van der Waals surface area contributed by atoms with Crippen LogP contribution in [0.25, 0.3) is 0 Å². The lowest BCUT2D eigenvalue weighted by atomic mass is 10.2. The summed E-state index contributed by atoms with van der Waals surface area (Å²) in [6.45, 7) is 0.347. The van der Waals surface area contributed by atoms with Gasteiger partial charge in [-0.15, -0.1) is 0 Å². The summed E-state index contributed by atoms with van der Waals surface area (Å²) < 4.78 is 5.39. The number of benzene rings is 2. The molecule has 1 fully saturated rings. The molecule has 1 atom stereocenters. The van der Waals surface area contributed by atoms with Gasteiger partial charge in [-0.05, 0) is 30.3 Å². The number of nitro groups is 1. The number of aliphatic imine (C=N–C) groups is 1. The summed E-state index contributed by atoms with van der Waals surface area (Å²) in [5.74, 6) is -0.0991. The van der Waals surface area contributed by atoms with Crippen LogP contribution < -0.4 is 10.1 Å². The predicted molar refractivity (Wildman–Crippen MR) is 137 cm³/mol. The summed E-state index contributed by atoms with van der Waals surface area (Å²) in [5.41, 5.74) is 1.56. The van der Waals surface area contributed by atoms with E-state index in [1.165, 1.54) is 30.0 Å². The molecule has 10 nitrogen and oxygen atoms in total. The Labute approximate surface area is 211 Å². The number of nitro benzene ring substituents is 1. The maximum absolute atomic E-state index is 13.3. The van der Waals surface area contributed by atoms with E-state index in [0.717, 1.165) is 5.69 Å². The fourth-order valence-electron chi connectivity index (χ4n) is 3.61. The maximum atomic E-state index is 13.3. The first-order valence-corrected chi connectivity index (χ1v) is 12.0. The normalized spacial score (nSPS) is 16.2. The molecule has 1 unspecified atom stereocenters. The van der Waals surface area contributed by atoms with Gasteiger partial charge in [-0.25, -0.2) is 4.99 Å². The number of amidine groups is 1. The van der Waals surface area contributed by atoms with Gasteiger partial charge in [-0.3, -0.25) is 29.6 Å². The SMILES string of the molecule is COc1ccccc1N=C1SC(CC(=O)Nc2cccc([N+](=O)[O-])c2)C(=O)N1CCc1ccccn1.